The van der Waals surface area contributed by atoms with E-state index in [1.807, 2.05) is 4.57 Å². The molecular formula is C24H19F4N9OS. The molecule has 0 aliphatic heterocycles. The van der Waals surface area contributed by atoms with Gasteiger partial charge in [0.2, 0.25) is 0 Å². The van der Waals surface area contributed by atoms with Crippen LogP contribution < -0.4 is 5.32 Å². The first kappa shape index (κ1) is 25.0. The molecule has 1 fully saturated rings. The average Bonchev–Trinajstić information content (AvgIpc) is 3.68. The highest BCUT2D eigenvalue weighted by Crippen LogP contribution is 2.37. The molecule has 39 heavy (non-hydrogen) atoms. The van der Waals surface area contributed by atoms with Crippen molar-refractivity contribution in [1.29, 1.82) is 0 Å². The Kier molecular flexibility index (Phi) is 6.29. The van der Waals surface area contributed by atoms with Crippen LogP contribution in [-0.4, -0.2) is 51.4 Å². The highest BCUT2D eigenvalue weighted by molar-refractivity contribution is 7.13. The molecule has 6 rings (SSSR count). The second-order valence-electron chi connectivity index (χ2n) is 9.01. The summed E-state index contributed by atoms with van der Waals surface area (Å²) in [4.78, 5) is 30.1. The number of nitrogens with one attached hydrogen (secondary N) is 1. The van der Waals surface area contributed by atoms with Crippen LogP contribution in [-0.2, 0) is 6.18 Å². The maximum absolute atomic E-state index is 14.9. The number of aromatic nitrogens is 8. The van der Waals surface area contributed by atoms with Gasteiger partial charge in [0.1, 0.15) is 16.1 Å². The zero-order chi connectivity index (χ0) is 27.1. The zero-order valence-corrected chi connectivity index (χ0v) is 20.8. The number of carbonyl (C=O) groups is 1. The number of fused-ring (bicyclic) bond motifs is 1. The van der Waals surface area contributed by atoms with Crippen LogP contribution in [0.3, 0.4) is 0 Å². The van der Waals surface area contributed by atoms with Crippen molar-refractivity contribution in [1.82, 2.24) is 44.8 Å². The number of thiazole rings is 1. The first-order valence-electron chi connectivity index (χ1n) is 12.0. The van der Waals surface area contributed by atoms with Crippen molar-refractivity contribution < 1.29 is 22.4 Å². The SMILES string of the molecule is O=C(NC1CCCC(n2c(-c3ncccc3F)nc3cnc(-n4nccn4)cc32)C1)c1ncc(C(F)(F)F)s1. The van der Waals surface area contributed by atoms with Crippen LogP contribution in [0.25, 0.3) is 28.4 Å². The van der Waals surface area contributed by atoms with Crippen LogP contribution in [0.5, 0.6) is 0 Å². The lowest BCUT2D eigenvalue weighted by atomic mass is 9.90. The summed E-state index contributed by atoms with van der Waals surface area (Å²) in [6.45, 7) is 0. The minimum atomic E-state index is -4.56. The number of carbonyl (C=O) groups excluding carboxylic acids is 1. The largest absolute Gasteiger partial charge is 0.427 e. The number of imidazole rings is 1. The van der Waals surface area contributed by atoms with E-state index >= 15 is 0 Å². The lowest BCUT2D eigenvalue weighted by Crippen LogP contribution is -2.39. The van der Waals surface area contributed by atoms with Crippen molar-refractivity contribution in [3.63, 3.8) is 0 Å². The van der Waals surface area contributed by atoms with Crippen LogP contribution in [0.15, 0.2) is 49.2 Å². The third-order valence-electron chi connectivity index (χ3n) is 6.48. The number of alkyl halides is 3. The minimum absolute atomic E-state index is 0.0705. The summed E-state index contributed by atoms with van der Waals surface area (Å²) < 4.78 is 55.7. The molecule has 5 heterocycles. The molecule has 1 N–H and O–H groups in total. The number of nitrogens with zero attached hydrogens (tertiary/aromatic N) is 8. The number of hydrogen-bond donors (Lipinski definition) is 1. The molecule has 5 aromatic rings. The molecule has 1 aliphatic carbocycles. The molecular weight excluding hydrogens is 538 g/mol. The van der Waals surface area contributed by atoms with Gasteiger partial charge in [-0.15, -0.1) is 16.1 Å². The summed E-state index contributed by atoms with van der Waals surface area (Å²) in [7, 11) is 0. The first-order valence-corrected chi connectivity index (χ1v) is 12.8. The van der Waals surface area contributed by atoms with Gasteiger partial charge in [-0.2, -0.15) is 23.4 Å². The van der Waals surface area contributed by atoms with E-state index < -0.39 is 22.8 Å². The summed E-state index contributed by atoms with van der Waals surface area (Å²) in [5, 5.41) is 10.8. The van der Waals surface area contributed by atoms with E-state index in [9.17, 15) is 22.4 Å². The van der Waals surface area contributed by atoms with Gasteiger partial charge in [0.25, 0.3) is 5.91 Å². The highest BCUT2D eigenvalue weighted by Gasteiger charge is 2.35. The molecule has 0 spiro atoms. The fraction of sp³-hybridized carbons (Fsp3) is 0.292. The average molecular weight is 558 g/mol. The summed E-state index contributed by atoms with van der Waals surface area (Å²) >= 11 is 0.304. The predicted octanol–water partition coefficient (Wildman–Crippen LogP) is 4.60. The van der Waals surface area contributed by atoms with E-state index in [1.165, 1.54) is 35.5 Å². The van der Waals surface area contributed by atoms with Crippen molar-refractivity contribution in [2.24, 2.45) is 0 Å². The Morgan fingerprint density at radius 3 is 2.64 bits per heavy atom. The van der Waals surface area contributed by atoms with E-state index in [2.05, 4.69) is 35.5 Å². The highest BCUT2D eigenvalue weighted by atomic mass is 32.1. The van der Waals surface area contributed by atoms with Crippen LogP contribution in [0, 0.1) is 5.82 Å². The molecule has 0 aromatic carbocycles. The van der Waals surface area contributed by atoms with E-state index in [-0.39, 0.29) is 22.8 Å². The Bertz CT molecular complexity index is 1650. The minimum Gasteiger partial charge on any atom is -0.347 e. The lowest BCUT2D eigenvalue weighted by molar-refractivity contribution is -0.134. The smallest absolute Gasteiger partial charge is 0.347 e. The Balaban J connectivity index is 1.35. The Labute approximate surface area is 221 Å². The summed E-state index contributed by atoms with van der Waals surface area (Å²) in [5.41, 5.74) is 1.24. The molecule has 5 aromatic heterocycles. The van der Waals surface area contributed by atoms with Gasteiger partial charge in [-0.25, -0.2) is 24.3 Å². The normalized spacial score (nSPS) is 17.9. The lowest BCUT2D eigenvalue weighted by Gasteiger charge is -2.31. The van der Waals surface area contributed by atoms with Crippen molar-refractivity contribution in [3.05, 3.63) is 64.9 Å². The number of hydrogen-bond acceptors (Lipinski definition) is 8. The molecule has 0 saturated heterocycles. The molecule has 1 saturated carbocycles. The molecule has 0 bridgehead atoms. The molecule has 200 valence electrons. The fourth-order valence-electron chi connectivity index (χ4n) is 4.81. The number of halogens is 4. The van der Waals surface area contributed by atoms with Crippen LogP contribution in [0.4, 0.5) is 17.6 Å². The van der Waals surface area contributed by atoms with Gasteiger partial charge in [-0.1, -0.05) is 0 Å². The zero-order valence-electron chi connectivity index (χ0n) is 20.0. The van der Waals surface area contributed by atoms with E-state index in [0.717, 1.165) is 0 Å². The van der Waals surface area contributed by atoms with Crippen LogP contribution in [0.2, 0.25) is 0 Å². The van der Waals surface area contributed by atoms with Gasteiger partial charge >= 0.3 is 6.18 Å². The maximum Gasteiger partial charge on any atom is 0.427 e. The molecule has 15 heteroatoms. The first-order chi connectivity index (χ1) is 18.8. The molecule has 1 amide bonds. The van der Waals surface area contributed by atoms with Gasteiger partial charge < -0.3 is 9.88 Å². The van der Waals surface area contributed by atoms with Crippen molar-refractivity contribution in [2.75, 3.05) is 0 Å². The second-order valence-corrected chi connectivity index (χ2v) is 10.0. The standard InChI is InChI=1S/C24H19F4N9OS/c25-15-5-2-6-29-20(15)21-35-16-11-30-19(37-32-7-8-33-37)10-17(16)36(21)14-4-1-3-13(9-14)34-22(38)23-31-12-18(39-23)24(26,27)28/h2,5-8,10-14H,1,3-4,9H2,(H,34,38). The summed E-state index contributed by atoms with van der Waals surface area (Å²) in [6, 6.07) is 3.97. The fourth-order valence-corrected chi connectivity index (χ4v) is 5.49. The topological polar surface area (TPSA) is 116 Å². The second kappa shape index (κ2) is 9.80. The van der Waals surface area contributed by atoms with Gasteiger partial charge in [0.05, 0.1) is 30.3 Å². The van der Waals surface area contributed by atoms with Crippen molar-refractivity contribution >= 4 is 28.3 Å². The number of amides is 1. The van der Waals surface area contributed by atoms with E-state index in [1.54, 1.807) is 12.3 Å². The van der Waals surface area contributed by atoms with E-state index in [0.29, 0.717) is 65.9 Å². The van der Waals surface area contributed by atoms with Gasteiger partial charge in [0.15, 0.2) is 22.5 Å². The van der Waals surface area contributed by atoms with Gasteiger partial charge in [-0.3, -0.25) is 4.79 Å². The molecule has 2 atom stereocenters. The Morgan fingerprint density at radius 1 is 1.08 bits per heavy atom. The Hall–Kier alpha value is -4.27. The summed E-state index contributed by atoms with van der Waals surface area (Å²) in [5.74, 6) is -0.460. The predicted molar refractivity (Wildman–Crippen MR) is 132 cm³/mol. The van der Waals surface area contributed by atoms with Gasteiger partial charge in [-0.05, 0) is 37.8 Å². The van der Waals surface area contributed by atoms with Crippen molar-refractivity contribution in [2.45, 2.75) is 43.9 Å². The van der Waals surface area contributed by atoms with Crippen LogP contribution in [0.1, 0.15) is 46.4 Å². The molecule has 1 aliphatic rings. The Morgan fingerprint density at radius 2 is 1.90 bits per heavy atom. The maximum atomic E-state index is 14.9. The quantitative estimate of drug-likeness (QED) is 0.314. The molecule has 2 unspecified atom stereocenters. The monoisotopic (exact) mass is 557 g/mol. The van der Waals surface area contributed by atoms with Crippen molar-refractivity contribution in [3.8, 4) is 17.3 Å². The van der Waals surface area contributed by atoms with Crippen LogP contribution >= 0.6 is 11.3 Å². The third-order valence-corrected chi connectivity index (χ3v) is 7.52. The summed E-state index contributed by atoms with van der Waals surface area (Å²) in [6.07, 6.45) is 4.65. The van der Waals surface area contributed by atoms with Gasteiger partial charge in [0, 0.05) is 24.3 Å². The third kappa shape index (κ3) is 4.84. The molecule has 10 nitrogen and oxygen atoms in total. The molecule has 0 radical (unpaired) electrons. The van der Waals surface area contributed by atoms with E-state index in [4.69, 9.17) is 0 Å². The number of rotatable bonds is 5. The number of pyridine rings is 2.